The molecule has 1 aliphatic carbocycles. The molecular weight excluding hydrogens is 234 g/mol. The Bertz CT molecular complexity index is 390. The Morgan fingerprint density at radius 1 is 1.47 bits per heavy atom. The summed E-state index contributed by atoms with van der Waals surface area (Å²) in [4.78, 5) is 0. The summed E-state index contributed by atoms with van der Waals surface area (Å²) in [5.41, 5.74) is 1.97. The van der Waals surface area contributed by atoms with Crippen molar-refractivity contribution in [2.45, 2.75) is 51.3 Å². The molecule has 1 saturated carbocycles. The van der Waals surface area contributed by atoms with Crippen LogP contribution in [0.15, 0.2) is 18.2 Å². The molecule has 2 unspecified atom stereocenters. The van der Waals surface area contributed by atoms with Crippen molar-refractivity contribution >= 4 is 11.6 Å². The zero-order valence-electron chi connectivity index (χ0n) is 10.4. The van der Waals surface area contributed by atoms with Gasteiger partial charge in [-0.15, -0.1) is 0 Å². The van der Waals surface area contributed by atoms with E-state index in [4.69, 9.17) is 11.6 Å². The fourth-order valence-corrected chi connectivity index (χ4v) is 2.19. The molecule has 94 valence electrons. The molecular formula is C14H20ClNO. The molecule has 2 atom stereocenters. The molecule has 3 heteroatoms. The number of halogens is 1. The molecule has 2 rings (SSSR count). The molecule has 17 heavy (non-hydrogen) atoms. The first kappa shape index (κ1) is 12.9. The van der Waals surface area contributed by atoms with Gasteiger partial charge in [0.25, 0.3) is 0 Å². The average molecular weight is 254 g/mol. The number of hydrogen-bond donors (Lipinski definition) is 2. The first-order valence-electron chi connectivity index (χ1n) is 6.32. The standard InChI is InChI=1S/C14H20ClNO/c1-3-13(16-11-5-6-11)14(17)10-4-7-12(15)9(2)8-10/h4,7-8,11,13-14,16-17H,3,5-6H2,1-2H3. The summed E-state index contributed by atoms with van der Waals surface area (Å²) in [5.74, 6) is 0. The van der Waals surface area contributed by atoms with E-state index in [1.54, 1.807) is 0 Å². The number of hydrogen-bond acceptors (Lipinski definition) is 2. The second kappa shape index (κ2) is 5.38. The zero-order valence-corrected chi connectivity index (χ0v) is 11.2. The van der Waals surface area contributed by atoms with Crippen molar-refractivity contribution in [3.63, 3.8) is 0 Å². The molecule has 0 bridgehead atoms. The highest BCUT2D eigenvalue weighted by molar-refractivity contribution is 6.31. The third-order valence-corrected chi connectivity index (χ3v) is 3.80. The molecule has 0 spiro atoms. The number of nitrogens with one attached hydrogen (secondary N) is 1. The Hall–Kier alpha value is -0.570. The van der Waals surface area contributed by atoms with Gasteiger partial charge in [-0.05, 0) is 43.4 Å². The Balaban J connectivity index is 2.09. The topological polar surface area (TPSA) is 32.3 Å². The first-order valence-corrected chi connectivity index (χ1v) is 6.69. The van der Waals surface area contributed by atoms with Gasteiger partial charge < -0.3 is 10.4 Å². The van der Waals surface area contributed by atoms with Crippen LogP contribution in [0, 0.1) is 6.92 Å². The van der Waals surface area contributed by atoms with E-state index < -0.39 is 6.10 Å². The van der Waals surface area contributed by atoms with Crippen molar-refractivity contribution in [1.82, 2.24) is 5.32 Å². The van der Waals surface area contributed by atoms with Gasteiger partial charge in [0.1, 0.15) is 0 Å². The van der Waals surface area contributed by atoms with E-state index in [-0.39, 0.29) is 6.04 Å². The number of aliphatic hydroxyl groups excluding tert-OH is 1. The van der Waals surface area contributed by atoms with Crippen molar-refractivity contribution in [2.75, 3.05) is 0 Å². The van der Waals surface area contributed by atoms with Crippen LogP contribution in [-0.4, -0.2) is 17.2 Å². The maximum atomic E-state index is 10.4. The molecule has 1 fully saturated rings. The minimum Gasteiger partial charge on any atom is -0.387 e. The van der Waals surface area contributed by atoms with Crippen LogP contribution < -0.4 is 5.32 Å². The van der Waals surface area contributed by atoms with Crippen LogP contribution in [0.3, 0.4) is 0 Å². The minimum absolute atomic E-state index is 0.142. The largest absolute Gasteiger partial charge is 0.387 e. The van der Waals surface area contributed by atoms with Gasteiger partial charge in [-0.1, -0.05) is 30.7 Å². The lowest BCUT2D eigenvalue weighted by Crippen LogP contribution is -2.35. The van der Waals surface area contributed by atoms with Gasteiger partial charge in [0.05, 0.1) is 6.10 Å². The minimum atomic E-state index is -0.448. The van der Waals surface area contributed by atoms with Crippen LogP contribution in [0.1, 0.15) is 43.4 Å². The van der Waals surface area contributed by atoms with Gasteiger partial charge in [-0.2, -0.15) is 0 Å². The highest BCUT2D eigenvalue weighted by Gasteiger charge is 2.28. The number of benzene rings is 1. The third-order valence-electron chi connectivity index (χ3n) is 3.37. The van der Waals surface area contributed by atoms with Crippen molar-refractivity contribution in [2.24, 2.45) is 0 Å². The van der Waals surface area contributed by atoms with E-state index in [0.29, 0.717) is 6.04 Å². The second-order valence-electron chi connectivity index (χ2n) is 4.91. The van der Waals surface area contributed by atoms with Crippen LogP contribution >= 0.6 is 11.6 Å². The van der Waals surface area contributed by atoms with Crippen molar-refractivity contribution in [3.05, 3.63) is 34.3 Å². The fraction of sp³-hybridized carbons (Fsp3) is 0.571. The van der Waals surface area contributed by atoms with E-state index in [0.717, 1.165) is 22.6 Å². The fourth-order valence-electron chi connectivity index (χ4n) is 2.07. The van der Waals surface area contributed by atoms with Gasteiger partial charge in [0, 0.05) is 17.1 Å². The smallest absolute Gasteiger partial charge is 0.0943 e. The van der Waals surface area contributed by atoms with Crippen molar-refractivity contribution in [1.29, 1.82) is 0 Å². The third kappa shape index (κ3) is 3.21. The Morgan fingerprint density at radius 2 is 2.18 bits per heavy atom. The van der Waals surface area contributed by atoms with Gasteiger partial charge in [-0.25, -0.2) is 0 Å². The van der Waals surface area contributed by atoms with E-state index >= 15 is 0 Å². The van der Waals surface area contributed by atoms with Gasteiger partial charge >= 0.3 is 0 Å². The van der Waals surface area contributed by atoms with Crippen LogP contribution in [-0.2, 0) is 0 Å². The predicted molar refractivity (Wildman–Crippen MR) is 71.4 cm³/mol. The summed E-state index contributed by atoms with van der Waals surface area (Å²) in [7, 11) is 0. The van der Waals surface area contributed by atoms with Crippen molar-refractivity contribution < 1.29 is 5.11 Å². The van der Waals surface area contributed by atoms with Crippen LogP contribution in [0.4, 0.5) is 0 Å². The lowest BCUT2D eigenvalue weighted by molar-refractivity contribution is 0.125. The second-order valence-corrected chi connectivity index (χ2v) is 5.32. The molecule has 2 nitrogen and oxygen atoms in total. The summed E-state index contributed by atoms with van der Waals surface area (Å²) in [6, 6.07) is 6.51. The Labute approximate surface area is 108 Å². The predicted octanol–water partition coefficient (Wildman–Crippen LogP) is 3.21. The molecule has 0 aromatic heterocycles. The molecule has 0 amide bonds. The number of aryl methyl sites for hydroxylation is 1. The maximum Gasteiger partial charge on any atom is 0.0943 e. The normalized spacial score (nSPS) is 19.1. The molecule has 1 aliphatic rings. The average Bonchev–Trinajstić information content (AvgIpc) is 3.12. The molecule has 2 N–H and O–H groups in total. The highest BCUT2D eigenvalue weighted by Crippen LogP contribution is 2.27. The van der Waals surface area contributed by atoms with E-state index in [1.807, 2.05) is 25.1 Å². The Morgan fingerprint density at radius 3 is 2.71 bits per heavy atom. The van der Waals surface area contributed by atoms with Crippen molar-refractivity contribution in [3.8, 4) is 0 Å². The highest BCUT2D eigenvalue weighted by atomic mass is 35.5. The lowest BCUT2D eigenvalue weighted by atomic mass is 9.98. The lowest BCUT2D eigenvalue weighted by Gasteiger charge is -2.23. The van der Waals surface area contributed by atoms with E-state index in [9.17, 15) is 5.11 Å². The summed E-state index contributed by atoms with van der Waals surface area (Å²) < 4.78 is 0. The van der Waals surface area contributed by atoms with E-state index in [2.05, 4.69) is 12.2 Å². The molecule has 0 radical (unpaired) electrons. The molecule has 0 saturated heterocycles. The first-order chi connectivity index (χ1) is 8.11. The monoisotopic (exact) mass is 253 g/mol. The zero-order chi connectivity index (χ0) is 12.4. The van der Waals surface area contributed by atoms with Gasteiger partial charge in [0.2, 0.25) is 0 Å². The number of rotatable bonds is 5. The summed E-state index contributed by atoms with van der Waals surface area (Å²) in [5, 5.41) is 14.6. The summed E-state index contributed by atoms with van der Waals surface area (Å²) >= 11 is 6.00. The summed E-state index contributed by atoms with van der Waals surface area (Å²) in [6.07, 6.45) is 2.96. The van der Waals surface area contributed by atoms with Gasteiger partial charge in [-0.3, -0.25) is 0 Å². The molecule has 0 heterocycles. The maximum absolute atomic E-state index is 10.4. The Kier molecular flexibility index (Phi) is 4.08. The molecule has 1 aromatic rings. The molecule has 0 aliphatic heterocycles. The quantitative estimate of drug-likeness (QED) is 0.845. The number of aliphatic hydroxyl groups is 1. The van der Waals surface area contributed by atoms with Crippen LogP contribution in [0.25, 0.3) is 0 Å². The van der Waals surface area contributed by atoms with Gasteiger partial charge in [0.15, 0.2) is 0 Å². The van der Waals surface area contributed by atoms with E-state index in [1.165, 1.54) is 12.8 Å². The summed E-state index contributed by atoms with van der Waals surface area (Å²) in [6.45, 7) is 4.07. The molecule has 1 aromatic carbocycles. The SMILES string of the molecule is CCC(NC1CC1)C(O)c1ccc(Cl)c(C)c1. The van der Waals surface area contributed by atoms with Crippen LogP contribution in [0.2, 0.25) is 5.02 Å². The van der Waals surface area contributed by atoms with Crippen LogP contribution in [0.5, 0.6) is 0 Å².